The van der Waals surface area contributed by atoms with Crippen LogP contribution in [0.15, 0.2) is 24.3 Å². The lowest BCUT2D eigenvalue weighted by Crippen LogP contribution is -2.56. The SMILES string of the molecule is CCCCCOc1ccccc1CN1CCNC(=O)C1CC(=O)NN. The summed E-state index contributed by atoms with van der Waals surface area (Å²) in [5.74, 6) is 5.51. The monoisotopic (exact) mass is 348 g/mol. The van der Waals surface area contributed by atoms with E-state index in [-0.39, 0.29) is 18.2 Å². The number of unbranched alkanes of at least 4 members (excludes halogenated alkanes) is 2. The zero-order valence-electron chi connectivity index (χ0n) is 14.8. The Bertz CT molecular complexity index is 579. The minimum atomic E-state index is -0.523. The van der Waals surface area contributed by atoms with Crippen LogP contribution in [0.3, 0.4) is 0 Å². The highest BCUT2D eigenvalue weighted by Gasteiger charge is 2.31. The number of para-hydroxylation sites is 1. The quantitative estimate of drug-likeness (QED) is 0.267. The Balaban J connectivity index is 2.05. The first kappa shape index (κ1) is 19.2. The van der Waals surface area contributed by atoms with Crippen molar-refractivity contribution >= 4 is 11.8 Å². The molecule has 4 N–H and O–H groups in total. The van der Waals surface area contributed by atoms with E-state index in [0.29, 0.717) is 26.2 Å². The summed E-state index contributed by atoms with van der Waals surface area (Å²) in [6, 6.07) is 7.33. The lowest BCUT2D eigenvalue weighted by molar-refractivity contribution is -0.134. The van der Waals surface area contributed by atoms with Crippen LogP contribution in [0.5, 0.6) is 5.75 Å². The Morgan fingerprint density at radius 2 is 2.20 bits per heavy atom. The van der Waals surface area contributed by atoms with E-state index < -0.39 is 6.04 Å². The molecule has 7 nitrogen and oxygen atoms in total. The molecule has 1 saturated heterocycles. The van der Waals surface area contributed by atoms with Gasteiger partial charge in [-0.3, -0.25) is 19.9 Å². The van der Waals surface area contributed by atoms with Crippen LogP contribution >= 0.6 is 0 Å². The fourth-order valence-corrected chi connectivity index (χ4v) is 2.94. The molecule has 1 aromatic rings. The average Bonchev–Trinajstić information content (AvgIpc) is 2.62. The van der Waals surface area contributed by atoms with E-state index in [1.54, 1.807) is 0 Å². The summed E-state index contributed by atoms with van der Waals surface area (Å²) in [6.45, 7) is 4.65. The van der Waals surface area contributed by atoms with E-state index in [9.17, 15) is 9.59 Å². The van der Waals surface area contributed by atoms with Gasteiger partial charge < -0.3 is 10.1 Å². The number of hydrogen-bond donors (Lipinski definition) is 3. The van der Waals surface area contributed by atoms with Crippen molar-refractivity contribution in [1.82, 2.24) is 15.6 Å². The van der Waals surface area contributed by atoms with Gasteiger partial charge in [0.05, 0.1) is 19.1 Å². The topological polar surface area (TPSA) is 96.7 Å². The molecule has 1 aliphatic rings. The van der Waals surface area contributed by atoms with Gasteiger partial charge in [0.25, 0.3) is 0 Å². The molecule has 2 amide bonds. The number of piperazine rings is 1. The van der Waals surface area contributed by atoms with Gasteiger partial charge in [0.2, 0.25) is 11.8 Å². The number of nitrogens with zero attached hydrogens (tertiary/aromatic N) is 1. The van der Waals surface area contributed by atoms with E-state index in [4.69, 9.17) is 10.6 Å². The van der Waals surface area contributed by atoms with E-state index in [2.05, 4.69) is 17.7 Å². The summed E-state index contributed by atoms with van der Waals surface area (Å²) in [5, 5.41) is 2.81. The molecule has 1 unspecified atom stereocenters. The van der Waals surface area contributed by atoms with E-state index >= 15 is 0 Å². The van der Waals surface area contributed by atoms with E-state index in [1.807, 2.05) is 29.2 Å². The van der Waals surface area contributed by atoms with Crippen molar-refractivity contribution in [2.75, 3.05) is 19.7 Å². The van der Waals surface area contributed by atoms with Crippen LogP contribution in [-0.2, 0) is 16.1 Å². The maximum atomic E-state index is 12.2. The Labute approximate surface area is 148 Å². The number of nitrogens with one attached hydrogen (secondary N) is 2. The third kappa shape index (κ3) is 5.72. The van der Waals surface area contributed by atoms with Gasteiger partial charge in [-0.05, 0) is 12.5 Å². The number of hydrogen-bond acceptors (Lipinski definition) is 5. The molecular formula is C18H28N4O3. The van der Waals surface area contributed by atoms with Crippen molar-refractivity contribution in [2.24, 2.45) is 5.84 Å². The second-order valence-electron chi connectivity index (χ2n) is 6.21. The highest BCUT2D eigenvalue weighted by atomic mass is 16.5. The van der Waals surface area contributed by atoms with Crippen molar-refractivity contribution in [3.63, 3.8) is 0 Å². The molecule has 1 aliphatic heterocycles. The molecule has 0 radical (unpaired) electrons. The Hall–Kier alpha value is -2.12. The Kier molecular flexibility index (Phi) is 7.69. The van der Waals surface area contributed by atoms with E-state index in [1.165, 1.54) is 0 Å². The van der Waals surface area contributed by atoms with Crippen LogP contribution in [0.2, 0.25) is 0 Å². The molecule has 0 bridgehead atoms. The number of amides is 2. The number of carbonyl (C=O) groups is 2. The summed E-state index contributed by atoms with van der Waals surface area (Å²) in [5.41, 5.74) is 3.12. The number of hydrazine groups is 1. The third-order valence-electron chi connectivity index (χ3n) is 4.33. The predicted molar refractivity (Wildman–Crippen MR) is 95.6 cm³/mol. The highest BCUT2D eigenvalue weighted by Crippen LogP contribution is 2.22. The predicted octanol–water partition coefficient (Wildman–Crippen LogP) is 0.936. The third-order valence-corrected chi connectivity index (χ3v) is 4.33. The van der Waals surface area contributed by atoms with Crippen LogP contribution in [0.4, 0.5) is 0 Å². The zero-order chi connectivity index (χ0) is 18.1. The minimum Gasteiger partial charge on any atom is -0.493 e. The average molecular weight is 348 g/mol. The first-order valence-corrected chi connectivity index (χ1v) is 8.87. The van der Waals surface area contributed by atoms with Gasteiger partial charge in [0, 0.05) is 25.2 Å². The molecule has 0 aliphatic carbocycles. The Morgan fingerprint density at radius 3 is 2.96 bits per heavy atom. The molecule has 0 aromatic heterocycles. The van der Waals surface area contributed by atoms with Crippen LogP contribution in [0, 0.1) is 0 Å². The van der Waals surface area contributed by atoms with Crippen molar-refractivity contribution < 1.29 is 14.3 Å². The van der Waals surface area contributed by atoms with Crippen molar-refractivity contribution in [3.8, 4) is 5.75 Å². The molecule has 1 heterocycles. The van der Waals surface area contributed by atoms with Gasteiger partial charge in [-0.25, -0.2) is 5.84 Å². The van der Waals surface area contributed by atoms with Crippen molar-refractivity contribution in [1.29, 1.82) is 0 Å². The molecule has 138 valence electrons. The van der Waals surface area contributed by atoms with Gasteiger partial charge in [0.15, 0.2) is 0 Å². The summed E-state index contributed by atoms with van der Waals surface area (Å²) in [4.78, 5) is 25.8. The summed E-state index contributed by atoms with van der Waals surface area (Å²) >= 11 is 0. The second kappa shape index (κ2) is 10.0. The second-order valence-corrected chi connectivity index (χ2v) is 6.21. The van der Waals surface area contributed by atoms with Crippen molar-refractivity contribution in [2.45, 2.75) is 45.2 Å². The molecule has 1 atom stereocenters. The zero-order valence-corrected chi connectivity index (χ0v) is 14.8. The summed E-state index contributed by atoms with van der Waals surface area (Å²) in [7, 11) is 0. The van der Waals surface area contributed by atoms with Crippen LogP contribution in [0.1, 0.15) is 38.2 Å². The van der Waals surface area contributed by atoms with Gasteiger partial charge in [-0.2, -0.15) is 0 Å². The van der Waals surface area contributed by atoms with Gasteiger partial charge in [-0.15, -0.1) is 0 Å². The standard InChI is InChI=1S/C18H28N4O3/c1-2-3-6-11-25-16-8-5-4-7-14(16)13-22-10-9-20-18(24)15(22)12-17(23)21-19/h4-5,7-8,15H,2-3,6,9-13,19H2,1H3,(H,20,24)(H,21,23). The van der Waals surface area contributed by atoms with Crippen LogP contribution < -0.4 is 21.3 Å². The first-order valence-electron chi connectivity index (χ1n) is 8.87. The van der Waals surface area contributed by atoms with Gasteiger partial charge in [-0.1, -0.05) is 38.0 Å². The molecule has 1 fully saturated rings. The fraction of sp³-hybridized carbons (Fsp3) is 0.556. The summed E-state index contributed by atoms with van der Waals surface area (Å²) in [6.07, 6.45) is 3.36. The van der Waals surface area contributed by atoms with Crippen molar-refractivity contribution in [3.05, 3.63) is 29.8 Å². The lowest BCUT2D eigenvalue weighted by Gasteiger charge is -2.34. The van der Waals surface area contributed by atoms with Gasteiger partial charge >= 0.3 is 0 Å². The number of carbonyl (C=O) groups excluding carboxylic acids is 2. The fourth-order valence-electron chi connectivity index (χ4n) is 2.94. The molecule has 0 saturated carbocycles. The number of benzene rings is 1. The Morgan fingerprint density at radius 1 is 1.40 bits per heavy atom. The highest BCUT2D eigenvalue weighted by molar-refractivity contribution is 5.88. The maximum Gasteiger partial charge on any atom is 0.237 e. The first-order chi connectivity index (χ1) is 12.2. The molecule has 7 heteroatoms. The van der Waals surface area contributed by atoms with Gasteiger partial charge in [0.1, 0.15) is 5.75 Å². The molecule has 1 aromatic carbocycles. The van der Waals surface area contributed by atoms with E-state index in [0.717, 1.165) is 30.6 Å². The molecule has 25 heavy (non-hydrogen) atoms. The minimum absolute atomic E-state index is 0.0435. The largest absolute Gasteiger partial charge is 0.493 e. The van der Waals surface area contributed by atoms with Crippen LogP contribution in [0.25, 0.3) is 0 Å². The molecule has 2 rings (SSSR count). The lowest BCUT2D eigenvalue weighted by atomic mass is 10.1. The van der Waals surface area contributed by atoms with Crippen LogP contribution in [-0.4, -0.2) is 42.5 Å². The maximum absolute atomic E-state index is 12.2. The number of rotatable bonds is 9. The number of ether oxygens (including phenoxy) is 1. The molecular weight excluding hydrogens is 320 g/mol. The summed E-state index contributed by atoms with van der Waals surface area (Å²) < 4.78 is 5.92. The molecule has 0 spiro atoms. The smallest absolute Gasteiger partial charge is 0.237 e. The number of nitrogens with two attached hydrogens (primary N) is 1. The normalized spacial score (nSPS) is 17.8.